The lowest BCUT2D eigenvalue weighted by molar-refractivity contribution is -0.155. The fourth-order valence-corrected chi connectivity index (χ4v) is 6.91. The van der Waals surface area contributed by atoms with Crippen LogP contribution in [0.2, 0.25) is 10.0 Å². The minimum atomic E-state index is -1.65. The number of carbonyl (C=O) groups excluding carboxylic acids is 2. The third kappa shape index (κ3) is 10.3. The fourth-order valence-electron chi connectivity index (χ4n) is 5.44. The van der Waals surface area contributed by atoms with Crippen LogP contribution >= 0.6 is 35.0 Å². The number of carbonyl (C=O) groups is 2. The Balaban J connectivity index is 1.47. The summed E-state index contributed by atoms with van der Waals surface area (Å²) < 4.78 is 17.8. The highest BCUT2D eigenvalue weighted by molar-refractivity contribution is 7.99. The third-order valence-electron chi connectivity index (χ3n) is 7.83. The molecular formula is C39H41Cl2N3O6S. The zero-order valence-corrected chi connectivity index (χ0v) is 31.0. The van der Waals surface area contributed by atoms with E-state index in [4.69, 9.17) is 47.5 Å². The molecule has 0 bridgehead atoms. The summed E-state index contributed by atoms with van der Waals surface area (Å²) >= 11 is 14.6. The highest BCUT2D eigenvalue weighted by Gasteiger charge is 2.54. The topological polar surface area (TPSA) is 118 Å². The molecule has 1 aliphatic rings. The molecule has 1 heterocycles. The van der Waals surface area contributed by atoms with E-state index in [2.05, 4.69) is 10.9 Å². The predicted molar refractivity (Wildman–Crippen MR) is 200 cm³/mol. The van der Waals surface area contributed by atoms with E-state index in [1.54, 1.807) is 75.0 Å². The number of amides is 1. The minimum Gasteiger partial charge on any atom is -0.494 e. The summed E-state index contributed by atoms with van der Waals surface area (Å²) in [5.41, 5.74) is 5.64. The normalized spacial score (nSPS) is 17.0. The largest absolute Gasteiger partial charge is 0.494 e. The van der Waals surface area contributed by atoms with Crippen molar-refractivity contribution < 1.29 is 28.9 Å². The van der Waals surface area contributed by atoms with Crippen LogP contribution in [0.25, 0.3) is 0 Å². The zero-order valence-electron chi connectivity index (χ0n) is 28.7. The molecule has 0 aliphatic carbocycles. The molecular weight excluding hydrogens is 709 g/mol. The summed E-state index contributed by atoms with van der Waals surface area (Å²) in [6.07, 6.45) is -0.698. The van der Waals surface area contributed by atoms with Gasteiger partial charge in [-0.05, 0) is 87.4 Å². The van der Waals surface area contributed by atoms with E-state index >= 15 is 0 Å². The van der Waals surface area contributed by atoms with Crippen molar-refractivity contribution >= 4 is 52.7 Å². The Hall–Kier alpha value is -4.06. The van der Waals surface area contributed by atoms with Crippen LogP contribution in [-0.2, 0) is 25.6 Å². The zero-order chi connectivity index (χ0) is 36.4. The summed E-state index contributed by atoms with van der Waals surface area (Å²) in [4.78, 5) is 34.7. The number of ether oxygens (including phenoxy) is 3. The van der Waals surface area contributed by atoms with E-state index < -0.39 is 29.1 Å². The lowest BCUT2D eigenvalue weighted by atomic mass is 9.83. The lowest BCUT2D eigenvalue weighted by Crippen LogP contribution is -2.52. The second-order valence-corrected chi connectivity index (χ2v) is 14.8. The van der Waals surface area contributed by atoms with Crippen LogP contribution < -0.4 is 15.6 Å². The molecule has 268 valence electrons. The van der Waals surface area contributed by atoms with Gasteiger partial charge in [0.05, 0.1) is 6.61 Å². The first-order valence-corrected chi connectivity index (χ1v) is 18.2. The van der Waals surface area contributed by atoms with Crippen molar-refractivity contribution in [2.45, 2.75) is 73.6 Å². The van der Waals surface area contributed by atoms with Crippen LogP contribution in [0, 0.1) is 0 Å². The fraction of sp³-hybridized carbons (Fsp3) is 0.308. The van der Waals surface area contributed by atoms with Gasteiger partial charge < -0.3 is 19.3 Å². The highest BCUT2D eigenvalue weighted by atomic mass is 35.5. The first kappa shape index (κ1) is 38.2. The average Bonchev–Trinajstić information content (AvgIpc) is 3.49. The number of aliphatic imine (C=N–C) groups is 1. The summed E-state index contributed by atoms with van der Waals surface area (Å²) in [7, 11) is 0. The summed E-state index contributed by atoms with van der Waals surface area (Å²) in [6, 6.07) is 30.0. The molecule has 3 N–H and O–H groups in total. The van der Waals surface area contributed by atoms with Crippen LogP contribution in [0.4, 0.5) is 0 Å². The van der Waals surface area contributed by atoms with E-state index in [1.807, 2.05) is 54.6 Å². The van der Waals surface area contributed by atoms with Gasteiger partial charge in [-0.15, -0.1) is 0 Å². The highest BCUT2D eigenvalue weighted by Crippen LogP contribution is 2.46. The molecule has 5 rings (SSSR count). The average molecular weight is 751 g/mol. The number of nitrogens with zero attached hydrogens (tertiary/aromatic N) is 1. The van der Waals surface area contributed by atoms with E-state index in [0.29, 0.717) is 41.5 Å². The number of hydrogen-bond acceptors (Lipinski definition) is 9. The van der Waals surface area contributed by atoms with Gasteiger partial charge in [0.15, 0.2) is 11.6 Å². The quantitative estimate of drug-likeness (QED) is 0.0634. The molecule has 4 aromatic rings. The van der Waals surface area contributed by atoms with Gasteiger partial charge in [0.2, 0.25) is 5.90 Å². The minimum absolute atomic E-state index is 0.0266. The van der Waals surface area contributed by atoms with Crippen LogP contribution in [0.5, 0.6) is 5.75 Å². The molecule has 0 saturated heterocycles. The van der Waals surface area contributed by atoms with Crippen LogP contribution in [0.15, 0.2) is 112 Å². The van der Waals surface area contributed by atoms with Crippen molar-refractivity contribution in [3.8, 4) is 5.75 Å². The third-order valence-corrected chi connectivity index (χ3v) is 9.52. The number of aliphatic hydroxyl groups is 1. The number of hydrazine groups is 1. The van der Waals surface area contributed by atoms with Crippen LogP contribution in [-0.4, -0.2) is 47.2 Å². The number of nitrogens with one attached hydrogen (secondary N) is 2. The van der Waals surface area contributed by atoms with E-state index in [-0.39, 0.29) is 30.4 Å². The molecule has 4 aromatic carbocycles. The summed E-state index contributed by atoms with van der Waals surface area (Å²) in [5.74, 6) is -0.207. The predicted octanol–water partition coefficient (Wildman–Crippen LogP) is 8.11. The van der Waals surface area contributed by atoms with Gasteiger partial charge in [-0.25, -0.2) is 10.4 Å². The number of esters is 1. The maximum absolute atomic E-state index is 14.5. The monoisotopic (exact) mass is 749 g/mol. The molecule has 51 heavy (non-hydrogen) atoms. The molecule has 0 spiro atoms. The lowest BCUT2D eigenvalue weighted by Gasteiger charge is -2.31. The van der Waals surface area contributed by atoms with Gasteiger partial charge in [-0.1, -0.05) is 77.4 Å². The van der Waals surface area contributed by atoms with E-state index in [9.17, 15) is 9.59 Å². The van der Waals surface area contributed by atoms with E-state index in [1.165, 1.54) is 0 Å². The van der Waals surface area contributed by atoms with Crippen LogP contribution in [0.1, 0.15) is 62.8 Å². The molecule has 12 heteroatoms. The van der Waals surface area contributed by atoms with Crippen molar-refractivity contribution in [2.75, 3.05) is 13.2 Å². The Morgan fingerprint density at radius 3 is 2.41 bits per heavy atom. The first-order chi connectivity index (χ1) is 24.5. The molecule has 0 unspecified atom stereocenters. The van der Waals surface area contributed by atoms with Crippen molar-refractivity contribution in [1.29, 1.82) is 0 Å². The van der Waals surface area contributed by atoms with Crippen molar-refractivity contribution in [3.63, 3.8) is 0 Å². The molecule has 0 saturated carbocycles. The maximum atomic E-state index is 14.5. The maximum Gasteiger partial charge on any atom is 0.306 e. The summed E-state index contributed by atoms with van der Waals surface area (Å²) in [5, 5.41) is 9.79. The number of rotatable bonds is 15. The van der Waals surface area contributed by atoms with Crippen molar-refractivity contribution in [3.05, 3.63) is 124 Å². The Kier molecular flexibility index (Phi) is 13.1. The Morgan fingerprint density at radius 2 is 1.71 bits per heavy atom. The molecule has 0 aromatic heterocycles. The van der Waals surface area contributed by atoms with Gasteiger partial charge in [-0.3, -0.25) is 15.0 Å². The van der Waals surface area contributed by atoms with Gasteiger partial charge >= 0.3 is 5.97 Å². The van der Waals surface area contributed by atoms with Gasteiger partial charge in [0.1, 0.15) is 11.4 Å². The molecule has 2 atom stereocenters. The second kappa shape index (κ2) is 17.4. The van der Waals surface area contributed by atoms with Gasteiger partial charge in [-0.2, -0.15) is 0 Å². The van der Waals surface area contributed by atoms with Crippen molar-refractivity contribution in [2.24, 2.45) is 4.99 Å². The molecule has 9 nitrogen and oxygen atoms in total. The number of halogens is 2. The van der Waals surface area contributed by atoms with Gasteiger partial charge in [0.25, 0.3) is 5.91 Å². The number of hydrogen-bond donors (Lipinski definition) is 3. The number of benzene rings is 4. The second-order valence-electron chi connectivity index (χ2n) is 12.9. The van der Waals surface area contributed by atoms with Crippen molar-refractivity contribution in [1.82, 2.24) is 10.9 Å². The molecule has 1 amide bonds. The Morgan fingerprint density at radius 1 is 0.980 bits per heavy atom. The summed E-state index contributed by atoms with van der Waals surface area (Å²) in [6.45, 7) is 6.06. The Bertz CT molecular complexity index is 1840. The Labute approximate surface area is 312 Å². The molecule has 0 radical (unpaired) electrons. The van der Waals surface area contributed by atoms with Gasteiger partial charge in [0, 0.05) is 57.0 Å². The molecule has 0 fully saturated rings. The van der Waals surface area contributed by atoms with E-state index in [0.717, 1.165) is 15.4 Å². The van der Waals surface area contributed by atoms with Crippen LogP contribution in [0.3, 0.4) is 0 Å². The SMILES string of the molecule is CC(C)(C)OC(=O)CC[C@]1(C(=O)NNCc2ccccc2Sc2ccccc2)N=C(c2ccc(OCCCO)cc2)O[C@H]1c1ccc(Cl)cc1Cl. The smallest absolute Gasteiger partial charge is 0.306 e. The number of aliphatic hydroxyl groups excluding tert-OH is 1. The standard InChI is InChI=1S/C39H41Cl2N3O6S/c1-38(2,3)50-34(46)20-21-39(37(47)44-42-25-27-10-7-8-13-33(27)51-30-11-5-4-6-12-30)35(31-19-16-28(40)24-32(31)41)49-36(43-39)26-14-17-29(18-15-26)48-23-9-22-45/h4-8,10-19,24,35,42,45H,9,20-23,25H2,1-3H3,(H,44,47)/t35-,39-/m0/s1. The first-order valence-electron chi connectivity index (χ1n) is 16.6. The molecule has 1 aliphatic heterocycles.